The van der Waals surface area contributed by atoms with Crippen LogP contribution in [-0.2, 0) is 4.79 Å². The fourth-order valence-electron chi connectivity index (χ4n) is 0.455. The van der Waals surface area contributed by atoms with Gasteiger partial charge in [0, 0.05) is 0 Å². The zero-order valence-corrected chi connectivity index (χ0v) is 8.74. The maximum absolute atomic E-state index is 10.8. The molecule has 0 aliphatic carbocycles. The monoisotopic (exact) mass is 203 g/mol. The molecule has 0 aromatic rings. The summed E-state index contributed by atoms with van der Waals surface area (Å²) in [7, 11) is 0. The van der Waals surface area contributed by atoms with E-state index in [0.717, 1.165) is 13.0 Å². The van der Waals surface area contributed by atoms with Crippen LogP contribution in [0, 0.1) is 0 Å². The Bertz CT molecular complexity index is 134. The van der Waals surface area contributed by atoms with Gasteiger partial charge in [-0.25, -0.2) is 0 Å². The van der Waals surface area contributed by atoms with Crippen molar-refractivity contribution < 1.29 is 4.79 Å². The van der Waals surface area contributed by atoms with Crippen molar-refractivity contribution in [2.75, 3.05) is 6.54 Å². The average Bonchev–Trinajstić information content (AvgIpc) is 1.88. The first-order valence-corrected chi connectivity index (χ1v) is 5.03. The number of carbonyl (C=O) groups is 1. The van der Waals surface area contributed by atoms with Gasteiger partial charge in [0.2, 0.25) is 0 Å². The van der Waals surface area contributed by atoms with Crippen LogP contribution >= 0.6 is 0 Å². The van der Waals surface area contributed by atoms with E-state index in [0.29, 0.717) is 5.57 Å². The summed E-state index contributed by atoms with van der Waals surface area (Å²) in [5.74, 6) is -0.0269. The van der Waals surface area contributed by atoms with Crippen molar-refractivity contribution in [1.29, 1.82) is 0 Å². The van der Waals surface area contributed by atoms with Crippen LogP contribution in [0.4, 0.5) is 0 Å². The molecule has 1 atom stereocenters. The summed E-state index contributed by atoms with van der Waals surface area (Å²) in [6.45, 7) is 6.02. The SMILES string of the molecule is C=C(C)C(=O)NCCC[AsH2]. The first-order valence-electron chi connectivity index (χ1n) is 3.32. The van der Waals surface area contributed by atoms with Crippen molar-refractivity contribution >= 4 is 22.8 Å². The molecule has 0 heterocycles. The van der Waals surface area contributed by atoms with E-state index in [9.17, 15) is 4.79 Å². The van der Waals surface area contributed by atoms with E-state index >= 15 is 0 Å². The maximum atomic E-state index is 10.8. The molecule has 0 radical (unpaired) electrons. The minimum atomic E-state index is -0.0269. The molecule has 10 heavy (non-hydrogen) atoms. The van der Waals surface area contributed by atoms with Gasteiger partial charge in [0.25, 0.3) is 0 Å². The molecule has 1 unspecified atom stereocenters. The van der Waals surface area contributed by atoms with Gasteiger partial charge in [-0.1, -0.05) is 0 Å². The predicted octanol–water partition coefficient (Wildman–Crippen LogP) is 0.120. The third kappa shape index (κ3) is 4.63. The van der Waals surface area contributed by atoms with Crippen LogP contribution in [0.2, 0.25) is 5.21 Å². The van der Waals surface area contributed by atoms with Gasteiger partial charge >= 0.3 is 70.1 Å². The summed E-state index contributed by atoms with van der Waals surface area (Å²) >= 11 is 1.70. The number of nitrogens with one attached hydrogen (secondary N) is 1. The Hall–Kier alpha value is -0.232. The van der Waals surface area contributed by atoms with E-state index in [1.807, 2.05) is 0 Å². The molecule has 1 N–H and O–H groups in total. The quantitative estimate of drug-likeness (QED) is 0.392. The molecule has 1 amide bonds. The molecule has 0 saturated carbocycles. The van der Waals surface area contributed by atoms with E-state index in [2.05, 4.69) is 11.9 Å². The summed E-state index contributed by atoms with van der Waals surface area (Å²) in [6, 6.07) is 0. The fraction of sp³-hybridized carbons (Fsp3) is 0.571. The van der Waals surface area contributed by atoms with Gasteiger partial charge in [-0.15, -0.1) is 0 Å². The van der Waals surface area contributed by atoms with Gasteiger partial charge in [0.15, 0.2) is 0 Å². The standard InChI is InChI=1S/C7H14AsNO/c1-6(2)7(10)9-5-3-4-8/h1,3-5,8H2,2H3,(H,9,10). The van der Waals surface area contributed by atoms with E-state index in [-0.39, 0.29) is 5.91 Å². The van der Waals surface area contributed by atoms with Crippen molar-refractivity contribution in [3.63, 3.8) is 0 Å². The molecule has 0 aromatic heterocycles. The topological polar surface area (TPSA) is 29.1 Å². The summed E-state index contributed by atoms with van der Waals surface area (Å²) in [5.41, 5.74) is 0.585. The normalized spacial score (nSPS) is 9.00. The summed E-state index contributed by atoms with van der Waals surface area (Å²) in [6.07, 6.45) is 1.07. The third-order valence-electron chi connectivity index (χ3n) is 1.05. The second kappa shape index (κ2) is 5.55. The number of hydrogen-bond acceptors (Lipinski definition) is 1. The van der Waals surface area contributed by atoms with Gasteiger partial charge in [-0.05, 0) is 0 Å². The number of amides is 1. The van der Waals surface area contributed by atoms with E-state index in [4.69, 9.17) is 0 Å². The van der Waals surface area contributed by atoms with Crippen LogP contribution in [-0.4, -0.2) is 29.3 Å². The summed E-state index contributed by atoms with van der Waals surface area (Å²) in [4.78, 5) is 10.8. The molecule has 0 aromatic carbocycles. The molecule has 0 saturated heterocycles. The van der Waals surface area contributed by atoms with Crippen molar-refractivity contribution in [2.45, 2.75) is 18.6 Å². The third-order valence-corrected chi connectivity index (χ3v) is 1.91. The number of hydrogen-bond donors (Lipinski definition) is 1. The molecular formula is C7H14AsNO. The van der Waals surface area contributed by atoms with Crippen LogP contribution < -0.4 is 5.32 Å². The first kappa shape index (κ1) is 9.77. The Morgan fingerprint density at radius 2 is 2.30 bits per heavy atom. The molecule has 0 rings (SSSR count). The van der Waals surface area contributed by atoms with Gasteiger partial charge < -0.3 is 0 Å². The fourth-order valence-corrected chi connectivity index (χ4v) is 0.883. The van der Waals surface area contributed by atoms with E-state index < -0.39 is 0 Å². The second-order valence-corrected chi connectivity index (χ2v) is 3.39. The van der Waals surface area contributed by atoms with Crippen molar-refractivity contribution in [3.8, 4) is 0 Å². The molecule has 0 spiro atoms. The van der Waals surface area contributed by atoms with Gasteiger partial charge in [0.05, 0.1) is 0 Å². The summed E-state index contributed by atoms with van der Waals surface area (Å²) < 4.78 is 0. The van der Waals surface area contributed by atoms with Gasteiger partial charge in [-0.3, -0.25) is 0 Å². The average molecular weight is 203 g/mol. The van der Waals surface area contributed by atoms with Gasteiger partial charge in [0.1, 0.15) is 0 Å². The van der Waals surface area contributed by atoms with Crippen LogP contribution in [0.25, 0.3) is 0 Å². The molecule has 0 fully saturated rings. The van der Waals surface area contributed by atoms with Crippen LogP contribution in [0.1, 0.15) is 13.3 Å². The summed E-state index contributed by atoms with van der Waals surface area (Å²) in [5, 5.41) is 3.92. The van der Waals surface area contributed by atoms with Crippen molar-refractivity contribution in [1.82, 2.24) is 5.32 Å². The number of rotatable bonds is 4. The Labute approximate surface area is 70.6 Å². The van der Waals surface area contributed by atoms with Gasteiger partial charge in [-0.2, -0.15) is 0 Å². The van der Waals surface area contributed by atoms with Crippen molar-refractivity contribution in [2.24, 2.45) is 0 Å². The first-order chi connectivity index (χ1) is 4.68. The molecular weight excluding hydrogens is 189 g/mol. The van der Waals surface area contributed by atoms with Crippen molar-refractivity contribution in [3.05, 3.63) is 12.2 Å². The Balaban J connectivity index is 3.31. The molecule has 0 aliphatic heterocycles. The zero-order chi connectivity index (χ0) is 7.98. The minimum absolute atomic E-state index is 0.0269. The van der Waals surface area contributed by atoms with E-state index in [1.165, 1.54) is 5.21 Å². The van der Waals surface area contributed by atoms with E-state index in [1.54, 1.807) is 23.8 Å². The Kier molecular flexibility index (Phi) is 5.42. The molecule has 58 valence electrons. The predicted molar refractivity (Wildman–Crippen MR) is 45.8 cm³/mol. The zero-order valence-electron chi connectivity index (χ0n) is 6.31. The van der Waals surface area contributed by atoms with Crippen LogP contribution in [0.15, 0.2) is 12.2 Å². The molecule has 0 aliphatic rings. The molecule has 0 bridgehead atoms. The van der Waals surface area contributed by atoms with Crippen LogP contribution in [0.3, 0.4) is 0 Å². The second-order valence-electron chi connectivity index (χ2n) is 2.18. The Morgan fingerprint density at radius 1 is 1.70 bits per heavy atom. The van der Waals surface area contributed by atoms with Crippen LogP contribution in [0.5, 0.6) is 0 Å². The Morgan fingerprint density at radius 3 is 2.70 bits per heavy atom. The molecule has 3 heteroatoms. The number of carbonyl (C=O) groups excluding carboxylic acids is 1. The molecule has 2 nitrogen and oxygen atoms in total.